The van der Waals surface area contributed by atoms with Gasteiger partial charge >= 0.3 is 11.9 Å². The first kappa shape index (κ1) is 23.8. The highest BCUT2D eigenvalue weighted by Gasteiger charge is 2.76. The van der Waals surface area contributed by atoms with Crippen molar-refractivity contribution in [3.8, 4) is 0 Å². The minimum absolute atomic E-state index is 0.00215. The predicted molar refractivity (Wildman–Crippen MR) is 133 cm³/mol. The summed E-state index contributed by atoms with van der Waals surface area (Å²) >= 11 is 0. The molecule has 5 heteroatoms. The highest BCUT2D eigenvalue weighted by atomic mass is 16.5. The molecule has 2 N–H and O–H groups in total. The topological polar surface area (TPSA) is 83.8 Å². The van der Waals surface area contributed by atoms with Crippen LogP contribution in [-0.2, 0) is 14.3 Å². The van der Waals surface area contributed by atoms with Crippen molar-refractivity contribution in [1.29, 1.82) is 0 Å². The summed E-state index contributed by atoms with van der Waals surface area (Å²) in [5.41, 5.74) is -1.48. The number of hydrogen-bond acceptors (Lipinski definition) is 3. The summed E-state index contributed by atoms with van der Waals surface area (Å²) < 4.78 is 7.03. The Bertz CT molecular complexity index is 903. The molecule has 6 atom stereocenters. The molecule has 8 aliphatic rings. The van der Waals surface area contributed by atoms with Gasteiger partial charge in [-0.1, -0.05) is 27.0 Å². The second kappa shape index (κ2) is 7.69. The van der Waals surface area contributed by atoms with Crippen molar-refractivity contribution in [2.75, 3.05) is 6.61 Å². The van der Waals surface area contributed by atoms with Gasteiger partial charge in [0.1, 0.15) is 5.60 Å². The summed E-state index contributed by atoms with van der Waals surface area (Å²) in [6.07, 6.45) is 11.4. The van der Waals surface area contributed by atoms with Crippen LogP contribution in [0.1, 0.15) is 78.1 Å². The molecule has 0 aromatic carbocycles. The number of carboxylic acid groups (broad SMARTS) is 2. The summed E-state index contributed by atoms with van der Waals surface area (Å²) in [6, 6.07) is 0. The Balaban J connectivity index is 1.58. The van der Waals surface area contributed by atoms with Crippen LogP contribution in [0.25, 0.3) is 0 Å². The Morgan fingerprint density at radius 1 is 0.771 bits per heavy atom. The number of hydrogen-bond donors (Lipinski definition) is 2. The third-order valence-corrected chi connectivity index (χ3v) is 12.5. The van der Waals surface area contributed by atoms with E-state index in [1.165, 1.54) is 38.5 Å². The van der Waals surface area contributed by atoms with Gasteiger partial charge in [0.15, 0.2) is 0 Å². The summed E-state index contributed by atoms with van der Waals surface area (Å²) in [7, 11) is 0. The molecule has 35 heavy (non-hydrogen) atoms. The van der Waals surface area contributed by atoms with Gasteiger partial charge in [0, 0.05) is 10.8 Å². The normalized spacial score (nSPS) is 48.5. The quantitative estimate of drug-likeness (QED) is 0.418. The van der Waals surface area contributed by atoms with Crippen LogP contribution in [0.3, 0.4) is 0 Å². The number of ether oxygens (including phenoxy) is 1. The molecule has 0 heterocycles. The molecule has 8 aliphatic carbocycles. The van der Waals surface area contributed by atoms with E-state index in [1.807, 2.05) is 0 Å². The van der Waals surface area contributed by atoms with Crippen molar-refractivity contribution < 1.29 is 24.5 Å². The lowest BCUT2D eigenvalue weighted by Crippen LogP contribution is -2.75. The molecule has 8 fully saturated rings. The van der Waals surface area contributed by atoms with Gasteiger partial charge in [0.05, 0.1) is 17.8 Å². The maximum Gasteiger partial charge on any atom is 0.333 e. The lowest BCUT2D eigenvalue weighted by molar-refractivity contribution is -0.301. The zero-order chi connectivity index (χ0) is 24.9. The summed E-state index contributed by atoms with van der Waals surface area (Å²) in [6.45, 7) is 12.7. The number of aliphatic carboxylic acids is 2. The third kappa shape index (κ3) is 2.97. The van der Waals surface area contributed by atoms with Crippen LogP contribution in [0.15, 0.2) is 24.3 Å². The Morgan fingerprint density at radius 3 is 1.51 bits per heavy atom. The zero-order valence-electron chi connectivity index (χ0n) is 21.4. The molecule has 0 aromatic rings. The lowest BCUT2D eigenvalue weighted by Gasteiger charge is -2.75. The van der Waals surface area contributed by atoms with Crippen molar-refractivity contribution >= 4 is 11.9 Å². The Hall–Kier alpha value is -1.62. The van der Waals surface area contributed by atoms with Gasteiger partial charge in [-0.3, -0.25) is 0 Å². The van der Waals surface area contributed by atoms with E-state index in [-0.39, 0.29) is 28.6 Å². The van der Waals surface area contributed by atoms with E-state index in [9.17, 15) is 19.8 Å². The zero-order valence-corrected chi connectivity index (χ0v) is 21.4. The van der Waals surface area contributed by atoms with Crippen LogP contribution >= 0.6 is 0 Å². The molecule has 6 unspecified atom stereocenters. The molecule has 0 radical (unpaired) electrons. The van der Waals surface area contributed by atoms with Crippen LogP contribution in [0.4, 0.5) is 0 Å². The van der Waals surface area contributed by atoms with Crippen LogP contribution < -0.4 is 0 Å². The largest absolute Gasteiger partial charge is 0.478 e. The molecular formula is C30H42O5. The molecule has 0 aromatic heterocycles. The number of carboxylic acids is 2. The molecule has 8 bridgehead atoms. The van der Waals surface area contributed by atoms with E-state index >= 15 is 0 Å². The highest BCUT2D eigenvalue weighted by Crippen LogP contribution is 2.77. The van der Waals surface area contributed by atoms with Crippen LogP contribution in [-0.4, -0.2) is 34.4 Å². The Kier molecular flexibility index (Phi) is 5.22. The average molecular weight is 483 g/mol. The second-order valence-corrected chi connectivity index (χ2v) is 13.8. The monoisotopic (exact) mass is 482 g/mol. The molecule has 0 aliphatic heterocycles. The average Bonchev–Trinajstić information content (AvgIpc) is 2.79. The molecule has 0 spiro atoms. The minimum atomic E-state index is -1.07. The fourth-order valence-electron chi connectivity index (χ4n) is 11.7. The number of carbonyl (C=O) groups is 2. The van der Waals surface area contributed by atoms with Gasteiger partial charge in [-0.15, -0.1) is 0 Å². The van der Waals surface area contributed by atoms with E-state index in [4.69, 9.17) is 4.74 Å². The van der Waals surface area contributed by atoms with Crippen LogP contribution in [0.5, 0.6) is 0 Å². The maximum atomic E-state index is 13.0. The van der Waals surface area contributed by atoms with Crippen molar-refractivity contribution in [2.24, 2.45) is 58.2 Å². The highest BCUT2D eigenvalue weighted by molar-refractivity contribution is 5.89. The van der Waals surface area contributed by atoms with Gasteiger partial charge < -0.3 is 14.9 Å². The fraction of sp³-hybridized carbons (Fsp3) is 0.800. The first-order chi connectivity index (χ1) is 16.5. The van der Waals surface area contributed by atoms with Gasteiger partial charge in [-0.25, -0.2) is 9.59 Å². The van der Waals surface area contributed by atoms with Crippen molar-refractivity contribution in [3.63, 3.8) is 0 Å². The Morgan fingerprint density at radius 2 is 1.17 bits per heavy atom. The first-order valence-electron chi connectivity index (χ1n) is 14.0. The molecule has 5 nitrogen and oxygen atoms in total. The van der Waals surface area contributed by atoms with Crippen molar-refractivity contribution in [3.05, 3.63) is 24.3 Å². The smallest absolute Gasteiger partial charge is 0.333 e. The molecule has 0 amide bonds. The van der Waals surface area contributed by atoms with E-state index in [0.29, 0.717) is 47.3 Å². The van der Waals surface area contributed by atoms with Crippen LogP contribution in [0.2, 0.25) is 0 Å². The minimum Gasteiger partial charge on any atom is -0.478 e. The summed E-state index contributed by atoms with van der Waals surface area (Å²) in [5, 5.41) is 20.3. The SMILES string of the molecule is C=C(COC(C(=C)C(=O)O)(C12CC3CC(CC(C3)C1C)C2)C12CC3CC(CC(C3)C1C)C2)C(=O)O. The fourth-order valence-corrected chi connectivity index (χ4v) is 11.7. The van der Waals surface area contributed by atoms with E-state index in [0.717, 1.165) is 25.7 Å². The molecule has 8 rings (SSSR count). The molecule has 0 saturated heterocycles. The van der Waals surface area contributed by atoms with E-state index in [1.54, 1.807) is 0 Å². The van der Waals surface area contributed by atoms with Gasteiger partial charge in [0.25, 0.3) is 0 Å². The van der Waals surface area contributed by atoms with Crippen molar-refractivity contribution in [2.45, 2.75) is 83.7 Å². The molecule has 192 valence electrons. The summed E-state index contributed by atoms with van der Waals surface area (Å²) in [5.74, 6) is 2.26. The predicted octanol–water partition coefficient (Wildman–Crippen LogP) is 5.95. The van der Waals surface area contributed by atoms with Crippen LogP contribution in [0, 0.1) is 58.2 Å². The lowest BCUT2D eigenvalue weighted by atomic mass is 9.32. The molecular weight excluding hydrogens is 440 g/mol. The second-order valence-electron chi connectivity index (χ2n) is 13.8. The molecule has 8 saturated carbocycles. The third-order valence-electron chi connectivity index (χ3n) is 12.5. The Labute approximate surface area is 209 Å². The standard InChI is InChI=1S/C30H42O5/c1-16(26(31)32)15-35-30(19(4)27(33)34,28-11-20-5-21(12-28)8-24(7-20)17(28)2)29-13-22-6-23(14-29)10-25(9-22)18(29)3/h17-18,20-25H,1,4-15H2,2-3H3,(H,31,32)(H,33,34). The van der Waals surface area contributed by atoms with Crippen molar-refractivity contribution in [1.82, 2.24) is 0 Å². The van der Waals surface area contributed by atoms with Gasteiger partial charge in [-0.05, 0) is 112 Å². The maximum absolute atomic E-state index is 13.0. The first-order valence-corrected chi connectivity index (χ1v) is 14.0. The van der Waals surface area contributed by atoms with Gasteiger partial charge in [0.2, 0.25) is 0 Å². The van der Waals surface area contributed by atoms with Gasteiger partial charge in [-0.2, -0.15) is 0 Å². The number of rotatable bonds is 8. The van der Waals surface area contributed by atoms with E-state index < -0.39 is 17.5 Å². The van der Waals surface area contributed by atoms with E-state index in [2.05, 4.69) is 27.0 Å². The summed E-state index contributed by atoms with van der Waals surface area (Å²) in [4.78, 5) is 24.8.